The van der Waals surface area contributed by atoms with Crippen LogP contribution >= 0.6 is 22.9 Å². The third-order valence-corrected chi connectivity index (χ3v) is 3.99. The van der Waals surface area contributed by atoms with Gasteiger partial charge in [-0.2, -0.15) is 0 Å². The average Bonchev–Trinajstić information content (AvgIpc) is 3.01. The highest BCUT2D eigenvalue weighted by atomic mass is 35.5. The van der Waals surface area contributed by atoms with E-state index in [2.05, 4.69) is 4.98 Å². The Hall–Kier alpha value is -2.38. The highest BCUT2D eigenvalue weighted by molar-refractivity contribution is 7.15. The quantitative estimate of drug-likeness (QED) is 0.661. The first-order valence-corrected chi connectivity index (χ1v) is 7.88. The van der Waals surface area contributed by atoms with Crippen LogP contribution in [0.1, 0.15) is 5.69 Å². The van der Waals surface area contributed by atoms with Crippen LogP contribution in [-0.4, -0.2) is 22.0 Å². The van der Waals surface area contributed by atoms with E-state index in [4.69, 9.17) is 21.1 Å². The Labute approximate surface area is 139 Å². The molecule has 0 N–H and O–H groups in total. The number of hydrogen-bond donors (Lipinski definition) is 0. The third-order valence-electron chi connectivity index (χ3n) is 2.92. The van der Waals surface area contributed by atoms with Gasteiger partial charge in [0.05, 0.1) is 10.7 Å². The Morgan fingerprint density at radius 1 is 1.35 bits per heavy atom. The predicted molar refractivity (Wildman–Crippen MR) is 86.1 cm³/mol. The van der Waals surface area contributed by atoms with E-state index < -0.39 is 5.97 Å². The summed E-state index contributed by atoms with van der Waals surface area (Å²) >= 11 is 7.25. The number of thiazole rings is 1. The van der Waals surface area contributed by atoms with Crippen molar-refractivity contribution in [3.05, 3.63) is 63.0 Å². The van der Waals surface area contributed by atoms with Gasteiger partial charge in [-0.3, -0.25) is 9.20 Å². The molecular formula is C15H11ClN2O4S. The van der Waals surface area contributed by atoms with Crippen LogP contribution in [0.4, 0.5) is 0 Å². The summed E-state index contributed by atoms with van der Waals surface area (Å²) < 4.78 is 11.8. The van der Waals surface area contributed by atoms with Crippen LogP contribution in [0.3, 0.4) is 0 Å². The lowest BCUT2D eigenvalue weighted by Gasteiger charge is -2.08. The van der Waals surface area contributed by atoms with Gasteiger partial charge < -0.3 is 9.47 Å². The minimum absolute atomic E-state index is 0.0889. The molecule has 0 unspecified atom stereocenters. The zero-order valence-corrected chi connectivity index (χ0v) is 13.3. The Morgan fingerprint density at radius 2 is 2.17 bits per heavy atom. The number of aromatic nitrogens is 2. The van der Waals surface area contributed by atoms with Gasteiger partial charge in [0.2, 0.25) is 0 Å². The second kappa shape index (κ2) is 6.80. The number of halogens is 1. The summed E-state index contributed by atoms with van der Waals surface area (Å²) in [7, 11) is 0. The maximum absolute atomic E-state index is 11.8. The maximum atomic E-state index is 11.8. The van der Waals surface area contributed by atoms with Crippen molar-refractivity contribution in [3.63, 3.8) is 0 Å². The molecule has 0 saturated carbocycles. The minimum atomic E-state index is -0.571. The first-order valence-electron chi connectivity index (χ1n) is 6.62. The SMILES string of the molecule is O=C(COc1ccccc1Cl)OCc1cc(=O)n2ccsc2n1. The van der Waals surface area contributed by atoms with Gasteiger partial charge in [-0.25, -0.2) is 9.78 Å². The number of ether oxygens (including phenoxy) is 2. The normalized spacial score (nSPS) is 10.7. The first kappa shape index (κ1) is 15.5. The summed E-state index contributed by atoms with van der Waals surface area (Å²) in [5.74, 6) is -0.166. The average molecular weight is 351 g/mol. The molecule has 0 radical (unpaired) electrons. The van der Waals surface area contributed by atoms with Gasteiger partial charge in [-0.15, -0.1) is 11.3 Å². The highest BCUT2D eigenvalue weighted by Gasteiger charge is 2.09. The van der Waals surface area contributed by atoms with E-state index in [1.165, 1.54) is 21.8 Å². The molecular weight excluding hydrogens is 340 g/mol. The van der Waals surface area contributed by atoms with Crippen LogP contribution in [0.2, 0.25) is 5.02 Å². The van der Waals surface area contributed by atoms with Crippen LogP contribution < -0.4 is 10.3 Å². The maximum Gasteiger partial charge on any atom is 0.344 e. The fraction of sp³-hybridized carbons (Fsp3) is 0.133. The predicted octanol–water partition coefficient (Wildman–Crippen LogP) is 2.53. The molecule has 0 aliphatic carbocycles. The van der Waals surface area contributed by atoms with Crippen molar-refractivity contribution in [3.8, 4) is 5.75 Å². The largest absolute Gasteiger partial charge is 0.480 e. The summed E-state index contributed by atoms with van der Waals surface area (Å²) in [6.07, 6.45) is 1.64. The molecule has 0 fully saturated rings. The van der Waals surface area contributed by atoms with Crippen molar-refractivity contribution in [2.24, 2.45) is 0 Å². The number of esters is 1. The van der Waals surface area contributed by atoms with E-state index in [9.17, 15) is 9.59 Å². The number of carbonyl (C=O) groups excluding carboxylic acids is 1. The van der Waals surface area contributed by atoms with Gasteiger partial charge in [0.25, 0.3) is 5.56 Å². The summed E-state index contributed by atoms with van der Waals surface area (Å²) in [5, 5.41) is 2.18. The van der Waals surface area contributed by atoms with Crippen molar-refractivity contribution < 1.29 is 14.3 Å². The summed E-state index contributed by atoms with van der Waals surface area (Å²) in [6.45, 7) is -0.363. The Bertz CT molecular complexity index is 906. The molecule has 0 bridgehead atoms. The van der Waals surface area contributed by atoms with Crippen molar-refractivity contribution in [1.82, 2.24) is 9.38 Å². The molecule has 0 amide bonds. The van der Waals surface area contributed by atoms with Gasteiger partial charge in [0, 0.05) is 17.6 Å². The molecule has 0 aliphatic heterocycles. The summed E-state index contributed by atoms with van der Waals surface area (Å²) in [5.41, 5.74) is 0.179. The van der Waals surface area contributed by atoms with Crippen molar-refractivity contribution in [2.75, 3.05) is 6.61 Å². The fourth-order valence-corrected chi connectivity index (χ4v) is 2.79. The van der Waals surface area contributed by atoms with Gasteiger partial charge in [0.15, 0.2) is 11.6 Å². The third kappa shape index (κ3) is 3.69. The van der Waals surface area contributed by atoms with Crippen molar-refractivity contribution in [2.45, 2.75) is 6.61 Å². The zero-order chi connectivity index (χ0) is 16.2. The van der Waals surface area contributed by atoms with E-state index in [0.717, 1.165) is 0 Å². The van der Waals surface area contributed by atoms with E-state index >= 15 is 0 Å². The fourth-order valence-electron chi connectivity index (χ4n) is 1.86. The Morgan fingerprint density at radius 3 is 3.00 bits per heavy atom. The molecule has 118 valence electrons. The van der Waals surface area contributed by atoms with E-state index in [0.29, 0.717) is 21.4 Å². The van der Waals surface area contributed by atoms with Crippen LogP contribution in [0.15, 0.2) is 46.7 Å². The van der Waals surface area contributed by atoms with Crippen molar-refractivity contribution >= 4 is 33.9 Å². The molecule has 3 aromatic rings. The van der Waals surface area contributed by atoms with Gasteiger partial charge >= 0.3 is 5.97 Å². The number of benzene rings is 1. The Balaban J connectivity index is 1.58. The number of nitrogens with zero attached hydrogens (tertiary/aromatic N) is 2. The molecule has 0 spiro atoms. The molecule has 0 aliphatic rings. The molecule has 2 heterocycles. The Kier molecular flexibility index (Phi) is 4.59. The number of para-hydroxylation sites is 1. The smallest absolute Gasteiger partial charge is 0.344 e. The molecule has 6 nitrogen and oxygen atoms in total. The molecule has 8 heteroatoms. The van der Waals surface area contributed by atoms with E-state index in [1.54, 1.807) is 35.8 Å². The second-order valence-electron chi connectivity index (χ2n) is 4.52. The van der Waals surface area contributed by atoms with Crippen LogP contribution in [0.5, 0.6) is 5.75 Å². The van der Waals surface area contributed by atoms with E-state index in [-0.39, 0.29) is 18.8 Å². The lowest BCUT2D eigenvalue weighted by Crippen LogP contribution is -2.17. The second-order valence-corrected chi connectivity index (χ2v) is 5.80. The standard InChI is InChI=1S/C15H11ClN2O4S/c16-11-3-1-2-4-12(11)21-9-14(20)22-8-10-7-13(19)18-5-6-23-15(18)17-10/h1-7H,8-9H2. The molecule has 0 atom stereocenters. The lowest BCUT2D eigenvalue weighted by molar-refractivity contribution is -0.147. The molecule has 1 aromatic carbocycles. The molecule has 3 rings (SSSR count). The lowest BCUT2D eigenvalue weighted by atomic mass is 10.3. The first-order chi connectivity index (χ1) is 11.1. The van der Waals surface area contributed by atoms with Gasteiger partial charge in [-0.1, -0.05) is 23.7 Å². The topological polar surface area (TPSA) is 69.9 Å². The molecule has 23 heavy (non-hydrogen) atoms. The molecule has 0 saturated heterocycles. The summed E-state index contributed by atoms with van der Waals surface area (Å²) in [6, 6.07) is 8.17. The van der Waals surface area contributed by atoms with Gasteiger partial charge in [0.1, 0.15) is 12.4 Å². The van der Waals surface area contributed by atoms with Crippen LogP contribution in [0.25, 0.3) is 4.96 Å². The van der Waals surface area contributed by atoms with E-state index in [1.807, 2.05) is 0 Å². The van der Waals surface area contributed by atoms with Crippen molar-refractivity contribution in [1.29, 1.82) is 0 Å². The number of hydrogen-bond acceptors (Lipinski definition) is 6. The number of carbonyl (C=O) groups is 1. The summed E-state index contributed by atoms with van der Waals surface area (Å²) in [4.78, 5) is 28.3. The number of fused-ring (bicyclic) bond motifs is 1. The highest BCUT2D eigenvalue weighted by Crippen LogP contribution is 2.22. The zero-order valence-electron chi connectivity index (χ0n) is 11.8. The number of rotatable bonds is 5. The van der Waals surface area contributed by atoms with Gasteiger partial charge in [-0.05, 0) is 12.1 Å². The van der Waals surface area contributed by atoms with Crippen LogP contribution in [-0.2, 0) is 16.1 Å². The molecule has 2 aromatic heterocycles. The minimum Gasteiger partial charge on any atom is -0.480 e. The van der Waals surface area contributed by atoms with Crippen LogP contribution in [0, 0.1) is 0 Å². The monoisotopic (exact) mass is 350 g/mol.